The molecule has 2 rings (SSSR count). The highest BCUT2D eigenvalue weighted by Gasteiger charge is 2.18. The van der Waals surface area contributed by atoms with Crippen LogP contribution in [-0.2, 0) is 15.6 Å². The van der Waals surface area contributed by atoms with Gasteiger partial charge in [0.05, 0.1) is 16.3 Å². The molecule has 0 radical (unpaired) electrons. The number of nitrogens with two attached hydrogens (primary N) is 1. The highest BCUT2D eigenvalue weighted by molar-refractivity contribution is 7.90. The Morgan fingerprint density at radius 3 is 2.53 bits per heavy atom. The highest BCUT2D eigenvalue weighted by atomic mass is 35.5. The lowest BCUT2D eigenvalue weighted by molar-refractivity contribution is 0.595. The molecule has 0 fully saturated rings. The number of sulfone groups is 1. The van der Waals surface area contributed by atoms with E-state index >= 15 is 0 Å². The van der Waals surface area contributed by atoms with E-state index in [1.807, 2.05) is 25.1 Å². The van der Waals surface area contributed by atoms with E-state index in [2.05, 4.69) is 0 Å². The van der Waals surface area contributed by atoms with Crippen LogP contribution >= 0.6 is 11.6 Å². The summed E-state index contributed by atoms with van der Waals surface area (Å²) in [6.07, 6.45) is 0. The predicted molar refractivity (Wildman–Crippen MR) is 77.9 cm³/mol. The van der Waals surface area contributed by atoms with Crippen LogP contribution in [-0.4, -0.2) is 8.42 Å². The Kier molecular flexibility index (Phi) is 3.83. The van der Waals surface area contributed by atoms with Gasteiger partial charge in [-0.2, -0.15) is 0 Å². The minimum Gasteiger partial charge on any atom is -0.398 e. The van der Waals surface area contributed by atoms with Crippen molar-refractivity contribution in [3.63, 3.8) is 0 Å². The molecule has 3 nitrogen and oxygen atoms in total. The molecule has 0 amide bonds. The van der Waals surface area contributed by atoms with Gasteiger partial charge < -0.3 is 5.73 Å². The molecule has 0 aliphatic rings. The molecular formula is C14H14ClNO2S. The van der Waals surface area contributed by atoms with E-state index in [4.69, 9.17) is 17.3 Å². The first-order valence-electron chi connectivity index (χ1n) is 5.72. The van der Waals surface area contributed by atoms with Gasteiger partial charge in [0.25, 0.3) is 0 Å². The van der Waals surface area contributed by atoms with Crippen LogP contribution in [0.4, 0.5) is 5.69 Å². The molecule has 5 heteroatoms. The summed E-state index contributed by atoms with van der Waals surface area (Å²) in [5.74, 6) is -0.0689. The molecule has 19 heavy (non-hydrogen) atoms. The largest absolute Gasteiger partial charge is 0.398 e. The topological polar surface area (TPSA) is 60.2 Å². The number of hydrogen-bond donors (Lipinski definition) is 1. The maximum Gasteiger partial charge on any atom is 0.184 e. The number of rotatable bonds is 3. The number of hydrogen-bond acceptors (Lipinski definition) is 3. The standard InChI is InChI=1S/C14H14ClNO2S/c1-10-3-2-4-11(7-10)9-19(17,18)14-6-5-12(15)8-13(14)16/h2-8H,9,16H2,1H3. The summed E-state index contributed by atoms with van der Waals surface area (Å²) in [5, 5.41) is 0.423. The summed E-state index contributed by atoms with van der Waals surface area (Å²) in [6.45, 7) is 1.92. The van der Waals surface area contributed by atoms with Gasteiger partial charge in [-0.05, 0) is 30.7 Å². The molecule has 0 spiro atoms. The fourth-order valence-electron chi connectivity index (χ4n) is 1.90. The molecule has 0 aromatic heterocycles. The van der Waals surface area contributed by atoms with Gasteiger partial charge in [0.2, 0.25) is 0 Å². The van der Waals surface area contributed by atoms with Crippen LogP contribution in [0.3, 0.4) is 0 Å². The van der Waals surface area contributed by atoms with Crippen molar-refractivity contribution in [2.45, 2.75) is 17.6 Å². The summed E-state index contributed by atoms with van der Waals surface area (Å²) in [7, 11) is -3.46. The van der Waals surface area contributed by atoms with E-state index in [1.54, 1.807) is 6.07 Å². The number of aryl methyl sites for hydroxylation is 1. The molecule has 2 N–H and O–H groups in total. The third-order valence-corrected chi connectivity index (χ3v) is 4.74. The van der Waals surface area contributed by atoms with Crippen LogP contribution in [0.25, 0.3) is 0 Å². The van der Waals surface area contributed by atoms with Gasteiger partial charge in [-0.1, -0.05) is 41.4 Å². The van der Waals surface area contributed by atoms with Gasteiger partial charge in [-0.15, -0.1) is 0 Å². The van der Waals surface area contributed by atoms with Gasteiger partial charge in [-0.25, -0.2) is 8.42 Å². The van der Waals surface area contributed by atoms with Crippen LogP contribution in [0.1, 0.15) is 11.1 Å². The second-order valence-corrected chi connectivity index (χ2v) is 6.82. The average Bonchev–Trinajstić information content (AvgIpc) is 2.27. The fraction of sp³-hybridized carbons (Fsp3) is 0.143. The molecule has 0 saturated carbocycles. The fourth-order valence-corrected chi connectivity index (χ4v) is 3.55. The zero-order chi connectivity index (χ0) is 14.0. The summed E-state index contributed by atoms with van der Waals surface area (Å²) >= 11 is 5.77. The molecule has 2 aromatic rings. The van der Waals surface area contributed by atoms with Gasteiger partial charge >= 0.3 is 0 Å². The second-order valence-electron chi connectivity index (χ2n) is 4.43. The van der Waals surface area contributed by atoms with E-state index < -0.39 is 9.84 Å². The number of anilines is 1. The molecular weight excluding hydrogens is 282 g/mol. The lowest BCUT2D eigenvalue weighted by Crippen LogP contribution is -2.08. The normalized spacial score (nSPS) is 11.5. The lowest BCUT2D eigenvalue weighted by Gasteiger charge is -2.08. The Morgan fingerprint density at radius 1 is 1.16 bits per heavy atom. The molecule has 0 saturated heterocycles. The molecule has 100 valence electrons. The van der Waals surface area contributed by atoms with Crippen molar-refractivity contribution in [2.24, 2.45) is 0 Å². The van der Waals surface area contributed by atoms with Crippen molar-refractivity contribution in [1.82, 2.24) is 0 Å². The average molecular weight is 296 g/mol. The number of nitrogen functional groups attached to an aromatic ring is 1. The van der Waals surface area contributed by atoms with Crippen molar-refractivity contribution in [3.05, 3.63) is 58.6 Å². The summed E-state index contributed by atoms with van der Waals surface area (Å²) in [5.41, 5.74) is 7.68. The summed E-state index contributed by atoms with van der Waals surface area (Å²) < 4.78 is 24.6. The molecule has 0 atom stereocenters. The van der Waals surface area contributed by atoms with Crippen LogP contribution in [0, 0.1) is 6.92 Å². The van der Waals surface area contributed by atoms with Gasteiger partial charge in [0.1, 0.15) is 0 Å². The van der Waals surface area contributed by atoms with E-state index in [1.165, 1.54) is 18.2 Å². The van der Waals surface area contributed by atoms with E-state index in [9.17, 15) is 8.42 Å². The first kappa shape index (κ1) is 13.9. The first-order chi connectivity index (χ1) is 8.88. The quantitative estimate of drug-likeness (QED) is 0.885. The monoisotopic (exact) mass is 295 g/mol. The van der Waals surface area contributed by atoms with Crippen LogP contribution in [0.5, 0.6) is 0 Å². The summed E-state index contributed by atoms with van der Waals surface area (Å²) in [4.78, 5) is 0.124. The van der Waals surface area contributed by atoms with Gasteiger partial charge in [0.15, 0.2) is 9.84 Å². The highest BCUT2D eigenvalue weighted by Crippen LogP contribution is 2.25. The Balaban J connectivity index is 2.38. The first-order valence-corrected chi connectivity index (χ1v) is 7.75. The van der Waals surface area contributed by atoms with E-state index in [-0.39, 0.29) is 16.3 Å². The third-order valence-electron chi connectivity index (χ3n) is 2.75. The van der Waals surface area contributed by atoms with Crippen molar-refractivity contribution >= 4 is 27.1 Å². The Bertz CT molecular complexity index is 711. The third kappa shape index (κ3) is 3.28. The molecule has 0 heterocycles. The minimum absolute atomic E-state index is 0.0689. The van der Waals surface area contributed by atoms with Crippen molar-refractivity contribution < 1.29 is 8.42 Å². The summed E-state index contributed by atoms with van der Waals surface area (Å²) in [6, 6.07) is 11.8. The number of halogens is 1. The maximum absolute atomic E-state index is 12.3. The van der Waals surface area contributed by atoms with Crippen LogP contribution in [0.15, 0.2) is 47.4 Å². The zero-order valence-corrected chi connectivity index (χ0v) is 12.0. The Labute approximate surface area is 117 Å². The van der Waals surface area contributed by atoms with Crippen molar-refractivity contribution in [2.75, 3.05) is 5.73 Å². The van der Waals surface area contributed by atoms with Crippen LogP contribution in [0.2, 0.25) is 5.02 Å². The second kappa shape index (κ2) is 5.23. The van der Waals surface area contributed by atoms with Gasteiger partial charge in [-0.3, -0.25) is 0 Å². The predicted octanol–water partition coefficient (Wildman–Crippen LogP) is 3.20. The van der Waals surface area contributed by atoms with E-state index in [0.29, 0.717) is 5.02 Å². The number of benzene rings is 2. The minimum atomic E-state index is -3.46. The smallest absolute Gasteiger partial charge is 0.184 e. The Hall–Kier alpha value is -1.52. The molecule has 0 bridgehead atoms. The molecule has 0 aliphatic heterocycles. The van der Waals surface area contributed by atoms with Crippen molar-refractivity contribution in [1.29, 1.82) is 0 Å². The van der Waals surface area contributed by atoms with Crippen LogP contribution < -0.4 is 5.73 Å². The Morgan fingerprint density at radius 2 is 1.89 bits per heavy atom. The van der Waals surface area contributed by atoms with E-state index in [0.717, 1.165) is 11.1 Å². The van der Waals surface area contributed by atoms with Gasteiger partial charge in [0, 0.05) is 5.02 Å². The molecule has 0 aliphatic carbocycles. The lowest BCUT2D eigenvalue weighted by atomic mass is 10.2. The molecule has 0 unspecified atom stereocenters. The maximum atomic E-state index is 12.3. The zero-order valence-electron chi connectivity index (χ0n) is 10.4. The SMILES string of the molecule is Cc1cccc(CS(=O)(=O)c2ccc(Cl)cc2N)c1. The molecule has 2 aromatic carbocycles. The van der Waals surface area contributed by atoms with Crippen molar-refractivity contribution in [3.8, 4) is 0 Å².